The molecule has 5 saturated heterocycles. The molecule has 1 aromatic carbocycles. The van der Waals surface area contributed by atoms with Crippen LogP contribution in [0.4, 0.5) is 0 Å². The lowest BCUT2D eigenvalue weighted by Gasteiger charge is -2.74. The second kappa shape index (κ2) is 19.0. The molecule has 6 spiro atoms. The van der Waals surface area contributed by atoms with Crippen LogP contribution in [-0.2, 0) is 58.2 Å². The summed E-state index contributed by atoms with van der Waals surface area (Å²) >= 11 is 0. The Morgan fingerprint density at radius 3 is 2.60 bits per heavy atom. The van der Waals surface area contributed by atoms with Crippen molar-refractivity contribution in [2.24, 2.45) is 116 Å². The Balaban J connectivity index is 0.833. The number of ketones is 1. The second-order valence-corrected chi connectivity index (χ2v) is 33.7. The highest BCUT2D eigenvalue weighted by atomic mass is 16.7. The van der Waals surface area contributed by atoms with Crippen LogP contribution in [0.15, 0.2) is 64.9 Å². The smallest absolute Gasteiger partial charge is 0.339 e. The summed E-state index contributed by atoms with van der Waals surface area (Å²) in [6, 6.07) is 11.2. The number of esters is 2. The number of aliphatic hydroxyl groups is 3. The van der Waals surface area contributed by atoms with E-state index in [9.17, 15) is 10.2 Å². The van der Waals surface area contributed by atoms with Gasteiger partial charge >= 0.3 is 11.9 Å². The van der Waals surface area contributed by atoms with Crippen molar-refractivity contribution in [2.45, 2.75) is 209 Å². The number of cyclic esters (lactones) is 1. The zero-order valence-electron chi connectivity index (χ0n) is 52.7. The van der Waals surface area contributed by atoms with Crippen molar-refractivity contribution in [1.82, 2.24) is 10.2 Å². The number of epoxide rings is 1. The predicted molar refractivity (Wildman–Crippen MR) is 327 cm³/mol. The summed E-state index contributed by atoms with van der Waals surface area (Å²) in [5.74, 6) is 6.59. The van der Waals surface area contributed by atoms with Crippen LogP contribution in [0, 0.1) is 128 Å². The second-order valence-electron chi connectivity index (χ2n) is 33.7. The summed E-state index contributed by atoms with van der Waals surface area (Å²) in [4.78, 5) is 52.4. The van der Waals surface area contributed by atoms with E-state index < -0.39 is 92.0 Å². The van der Waals surface area contributed by atoms with Crippen LogP contribution in [0.3, 0.4) is 0 Å². The van der Waals surface area contributed by atoms with E-state index in [1.165, 1.54) is 43.2 Å². The fourth-order valence-electron chi connectivity index (χ4n) is 28.1. The Kier molecular flexibility index (Phi) is 12.0. The topological polar surface area (TPSA) is 181 Å². The van der Waals surface area contributed by atoms with Crippen molar-refractivity contribution in [3.63, 3.8) is 0 Å². The Morgan fingerprint density at radius 1 is 0.899 bits per heavy atom. The van der Waals surface area contributed by atoms with Gasteiger partial charge in [0, 0.05) is 47.2 Å². The molecule has 8 saturated carbocycles. The van der Waals surface area contributed by atoms with Crippen LogP contribution in [0.5, 0.6) is 0 Å². The third kappa shape index (κ3) is 6.61. The van der Waals surface area contributed by atoms with Gasteiger partial charge in [-0.1, -0.05) is 107 Å². The molecule has 1 aromatic heterocycles. The van der Waals surface area contributed by atoms with Gasteiger partial charge in [0.2, 0.25) is 0 Å². The summed E-state index contributed by atoms with van der Waals surface area (Å²) in [5.41, 5.74) is -4.94. The number of nitrogens with one attached hydrogen (secondary N) is 1. The molecular weight excluding hydrogens is 1120 g/mol. The van der Waals surface area contributed by atoms with Crippen LogP contribution in [0.2, 0.25) is 0 Å². The van der Waals surface area contributed by atoms with Gasteiger partial charge in [-0.2, -0.15) is 0 Å². The van der Waals surface area contributed by atoms with E-state index in [0.29, 0.717) is 67.6 Å². The maximum Gasteiger partial charge on any atom is 0.339 e. The molecule has 13 nitrogen and oxygen atoms in total. The van der Waals surface area contributed by atoms with Crippen molar-refractivity contribution >= 4 is 17.7 Å². The van der Waals surface area contributed by atoms with Crippen molar-refractivity contribution in [1.29, 1.82) is 0 Å². The minimum absolute atomic E-state index is 0.0259. The van der Waals surface area contributed by atoms with Gasteiger partial charge in [-0.25, -0.2) is 4.79 Å². The number of allylic oxidation sites excluding steroid dienone is 1. The first-order valence-corrected chi connectivity index (χ1v) is 35.9. The minimum atomic E-state index is -1.56. The standard InChI is InChI=1S/C76H94N2O11/c1-41(44-13-8-5-9-14-44)27-52-32-53-31-51-15-10-25-71(51)35-49-34-69(2)74-50(22-19-48-38-85-59(60(48)74)33-55(58(80)37-79)46-20-23-54-47(30-46)24-26-78-40-77-36-57(54)78)21-18-45-17-16-43(28-42-11-6-4-7-12-42)29-56(45)73(76(69)66(87-76)68(84)88-74)62(49)72-39-86-67(83)64(71)75(53,72)89-70(52,3)63(72)61(81)65(73)82/h4,6-7,11-12,24,26,32,38,41,43-47,49-52,54-58,62-66,77,79-80,82H,5,8-10,13-17,19-20,22-23,25,27-31,33-37,39-40H2,1-3H3/t41-,43+,45+,46-,47-,49+,50-,51-,52-,54-,55+,56-,57+,58-,62-,63-,64+,65-,66-,69+,70+,71+,72-,73+,74+,75+,76-/m1/s1. The van der Waals surface area contributed by atoms with Crippen molar-refractivity contribution in [3.05, 3.63) is 83.0 Å². The van der Waals surface area contributed by atoms with Gasteiger partial charge < -0.3 is 43.6 Å². The molecule has 4 N–H and O–H groups in total. The summed E-state index contributed by atoms with van der Waals surface area (Å²) in [7, 11) is 0. The largest absolute Gasteiger partial charge is 0.469 e. The van der Waals surface area contributed by atoms with E-state index in [4.69, 9.17) is 23.4 Å². The number of fused-ring (bicyclic) bond motifs is 7. The van der Waals surface area contributed by atoms with Gasteiger partial charge in [0.15, 0.2) is 17.5 Å². The van der Waals surface area contributed by atoms with E-state index in [0.717, 1.165) is 101 Å². The van der Waals surface area contributed by atoms with E-state index in [1.54, 1.807) is 0 Å². The van der Waals surface area contributed by atoms with E-state index in [-0.39, 0.29) is 72.3 Å². The third-order valence-corrected chi connectivity index (χ3v) is 30.9. The van der Waals surface area contributed by atoms with Gasteiger partial charge in [0.1, 0.15) is 29.7 Å². The molecule has 0 unspecified atom stereocenters. The molecule has 19 rings (SSSR count). The molecule has 9 bridgehead atoms. The summed E-state index contributed by atoms with van der Waals surface area (Å²) in [6.45, 7) is 8.48. The first-order valence-electron chi connectivity index (χ1n) is 35.9. The summed E-state index contributed by atoms with van der Waals surface area (Å²) < 4.78 is 38.1. The van der Waals surface area contributed by atoms with Crippen LogP contribution >= 0.6 is 0 Å². The van der Waals surface area contributed by atoms with Crippen molar-refractivity contribution in [3.8, 4) is 11.8 Å². The lowest BCUT2D eigenvalue weighted by Crippen LogP contribution is -2.84. The average Bonchev–Trinajstić information content (AvgIpc) is 1.44. The lowest BCUT2D eigenvalue weighted by molar-refractivity contribution is -0.320. The van der Waals surface area contributed by atoms with Crippen molar-refractivity contribution < 1.29 is 53.1 Å². The molecule has 474 valence electrons. The van der Waals surface area contributed by atoms with Crippen LogP contribution in [0.1, 0.15) is 165 Å². The molecular formula is C76H94N2O11. The number of benzene rings is 1. The quantitative estimate of drug-likeness (QED) is 0.0765. The predicted octanol–water partition coefficient (Wildman–Crippen LogP) is 9.96. The normalized spacial score (nSPS) is 51.2. The van der Waals surface area contributed by atoms with Crippen LogP contribution in [0.25, 0.3) is 0 Å². The Labute approximate surface area is 525 Å². The van der Waals surface area contributed by atoms with Gasteiger partial charge in [-0.15, -0.1) is 0 Å². The maximum absolute atomic E-state index is 17.7. The zero-order valence-corrected chi connectivity index (χ0v) is 52.7. The highest BCUT2D eigenvalue weighted by Crippen LogP contribution is 2.91. The first kappa shape index (κ1) is 56.3. The SMILES string of the molecule is C[C@H](C[C@@H]1C=C2C[C@H]3CCC[C@]34C[C@@H]3C[C@]5(C)[C@]67O[C@@H]6C(=O)O[C@@]56c5c(coc5C[C@@H]([C@@H]5CC[C@@H]8[C@H](C=CN9CNC[C@@H]89)C5)[C@H](O)CO)CC[C@H]6C#C[C@@H]5CC[C@@H](Cc6ccccc6)C[C@H]5[C@]75[C@H](O)C(=O)[C@@H]6[C@@]1(C)O[C@]21[C@H]4C(=O)OC[C@@]61[C@@H]35)C1CCCCC1. The average molecular weight is 1210 g/mol. The minimum Gasteiger partial charge on any atom is -0.469 e. The Hall–Kier alpha value is -4.29. The van der Waals surface area contributed by atoms with E-state index in [2.05, 4.69) is 91.5 Å². The maximum atomic E-state index is 17.7. The third-order valence-electron chi connectivity index (χ3n) is 30.9. The fourth-order valence-corrected chi connectivity index (χ4v) is 28.1. The van der Waals surface area contributed by atoms with Gasteiger partial charge in [0.25, 0.3) is 0 Å². The summed E-state index contributed by atoms with van der Waals surface area (Å²) in [5, 5.41) is 42.0. The number of aryl methyl sites for hydroxylation is 1. The molecule has 10 aliphatic carbocycles. The Bertz CT molecular complexity index is 3450. The summed E-state index contributed by atoms with van der Waals surface area (Å²) in [6.07, 6.45) is 25.2. The monoisotopic (exact) mass is 1210 g/mol. The van der Waals surface area contributed by atoms with Crippen LogP contribution < -0.4 is 5.32 Å². The van der Waals surface area contributed by atoms with E-state index >= 15 is 19.5 Å². The van der Waals surface area contributed by atoms with E-state index in [1.807, 2.05) is 6.26 Å². The number of aliphatic hydroxyl groups excluding tert-OH is 3. The number of rotatable bonds is 10. The molecule has 17 aliphatic rings. The molecule has 13 heteroatoms. The highest BCUT2D eigenvalue weighted by Gasteiger charge is 3.00. The zero-order chi connectivity index (χ0) is 60.1. The van der Waals surface area contributed by atoms with Gasteiger partial charge in [-0.3, -0.25) is 14.9 Å². The molecule has 8 heterocycles. The molecule has 27 atom stereocenters. The van der Waals surface area contributed by atoms with Crippen molar-refractivity contribution in [2.75, 3.05) is 26.4 Å². The number of carbonyl (C=O) groups excluding carboxylic acids is 3. The fraction of sp³-hybridized carbons (Fsp3) is 0.750. The number of ether oxygens (including phenoxy) is 4. The number of Topliss-reactive ketones (excluding diaryl/α,β-unsaturated/α-hetero) is 1. The molecule has 89 heavy (non-hydrogen) atoms. The molecule has 13 fully saturated rings. The number of hydrogen-bond acceptors (Lipinski definition) is 13. The van der Waals surface area contributed by atoms with Crippen LogP contribution in [-0.4, -0.2) is 106 Å². The lowest BCUT2D eigenvalue weighted by atomic mass is 9.28. The number of hydrogen-bond donors (Lipinski definition) is 4. The van der Waals surface area contributed by atoms with Gasteiger partial charge in [0.05, 0.1) is 54.4 Å². The number of carbonyl (C=O) groups is 3. The number of furan rings is 1. The number of nitrogens with zero attached hydrogens (tertiary/aromatic N) is 1. The highest BCUT2D eigenvalue weighted by molar-refractivity contribution is 5.94. The molecule has 0 radical (unpaired) electrons. The molecule has 0 amide bonds. The first-order chi connectivity index (χ1) is 43.1. The van der Waals surface area contributed by atoms with Gasteiger partial charge in [-0.05, 0) is 197 Å². The molecule has 2 aromatic rings. The molecule has 7 aliphatic heterocycles. The Morgan fingerprint density at radius 2 is 1.75 bits per heavy atom.